The lowest BCUT2D eigenvalue weighted by molar-refractivity contribution is -0.688. The van der Waals surface area contributed by atoms with Crippen LogP contribution in [0.2, 0.25) is 0 Å². The lowest BCUT2D eigenvalue weighted by Crippen LogP contribution is -2.49. The number of hydrogen-bond acceptors (Lipinski definition) is 3. The van der Waals surface area contributed by atoms with Crippen molar-refractivity contribution < 1.29 is 14.1 Å². The van der Waals surface area contributed by atoms with Gasteiger partial charge in [-0.25, -0.2) is 0 Å². The molecule has 1 aromatic rings. The van der Waals surface area contributed by atoms with Crippen LogP contribution < -0.4 is 4.57 Å². The summed E-state index contributed by atoms with van der Waals surface area (Å²) in [5, 5.41) is 0. The Kier molecular flexibility index (Phi) is 30.6. The number of unbranched alkanes of at least 4 members (excludes halogenated alkanes) is 30. The largest absolute Gasteiger partial charge is 0.378 e. The Morgan fingerprint density at radius 2 is 0.880 bits per heavy atom. The number of nitrogens with zero attached hydrogens (tertiary/aromatic N) is 2. The zero-order chi connectivity index (χ0) is 35.6. The normalized spacial score (nSPS) is 13.4. The molecule has 0 N–H and O–H groups in total. The molecule has 0 unspecified atom stereocenters. The van der Waals surface area contributed by atoms with Crippen LogP contribution in [0.3, 0.4) is 0 Å². The van der Waals surface area contributed by atoms with Crippen molar-refractivity contribution >= 4 is 17.2 Å². The van der Waals surface area contributed by atoms with Crippen LogP contribution in [0.5, 0.6) is 0 Å². The molecule has 1 aliphatic heterocycles. The average Bonchev–Trinajstić information content (AvgIpc) is 3.51. The van der Waals surface area contributed by atoms with Crippen LogP contribution in [0.1, 0.15) is 230 Å². The minimum Gasteiger partial charge on any atom is -0.378 e. The van der Waals surface area contributed by atoms with E-state index in [0.29, 0.717) is 19.8 Å². The van der Waals surface area contributed by atoms with Gasteiger partial charge in [-0.15, -0.1) is 0 Å². The first-order valence-corrected chi connectivity index (χ1v) is 23.5. The predicted octanol–water partition coefficient (Wildman–Crippen LogP) is 13.5. The van der Waals surface area contributed by atoms with Crippen molar-refractivity contribution in [2.24, 2.45) is 0 Å². The molecule has 0 saturated carbocycles. The predicted molar refractivity (Wildman–Crippen MR) is 218 cm³/mol. The monoisotopic (exact) mass is 718 g/mol. The van der Waals surface area contributed by atoms with Gasteiger partial charge in [-0.05, 0) is 19.3 Å². The third kappa shape index (κ3) is 24.3. The van der Waals surface area contributed by atoms with Crippen LogP contribution >= 0.6 is 11.3 Å². The molecule has 2 rings (SSSR count). The number of hydrogen-bond donors (Lipinski definition) is 0. The van der Waals surface area contributed by atoms with Crippen molar-refractivity contribution in [3.8, 4) is 0 Å². The van der Waals surface area contributed by atoms with Gasteiger partial charge in [-0.3, -0.25) is 4.79 Å². The summed E-state index contributed by atoms with van der Waals surface area (Å²) in [5.74, 6) is 0.262. The number of aryl methyl sites for hydroxylation is 1. The molecule has 1 saturated heterocycles. The number of ether oxygens (including phenoxy) is 1. The summed E-state index contributed by atoms with van der Waals surface area (Å²) in [4.78, 5) is 16.7. The van der Waals surface area contributed by atoms with Gasteiger partial charge >= 0.3 is 0 Å². The van der Waals surface area contributed by atoms with Gasteiger partial charge in [-0.1, -0.05) is 218 Å². The maximum atomic E-state index is 13.1. The number of carbonyl (C=O) groups excluding carboxylic acids is 1. The lowest BCUT2D eigenvalue weighted by atomic mass is 10.0. The molecular formula is C45H85N2O2S+. The maximum Gasteiger partial charge on any atom is 0.288 e. The van der Waals surface area contributed by atoms with Gasteiger partial charge in [0, 0.05) is 19.5 Å². The van der Waals surface area contributed by atoms with Gasteiger partial charge in [0.2, 0.25) is 12.1 Å². The first-order chi connectivity index (χ1) is 24.8. The topological polar surface area (TPSA) is 33.4 Å². The van der Waals surface area contributed by atoms with E-state index in [1.165, 1.54) is 218 Å². The van der Waals surface area contributed by atoms with Crippen molar-refractivity contribution in [1.29, 1.82) is 0 Å². The molecular weight excluding hydrogens is 633 g/mol. The van der Waals surface area contributed by atoms with Gasteiger partial charge < -0.3 is 9.64 Å². The fourth-order valence-electron chi connectivity index (χ4n) is 7.77. The van der Waals surface area contributed by atoms with Crippen LogP contribution in [0.15, 0.2) is 5.51 Å². The Hall–Kier alpha value is -0.940. The van der Waals surface area contributed by atoms with E-state index in [9.17, 15) is 4.79 Å². The Labute approximate surface area is 316 Å². The van der Waals surface area contributed by atoms with Crippen molar-refractivity contribution in [3.63, 3.8) is 0 Å². The summed E-state index contributed by atoms with van der Waals surface area (Å²) in [6.07, 6.45) is 47.5. The van der Waals surface area contributed by atoms with Gasteiger partial charge in [0.15, 0.2) is 5.69 Å². The molecule has 1 aliphatic rings. The Balaban J connectivity index is 1.57. The highest BCUT2D eigenvalue weighted by molar-refractivity contribution is 7.09. The van der Waals surface area contributed by atoms with Crippen LogP contribution in [-0.4, -0.2) is 37.1 Å². The lowest BCUT2D eigenvalue weighted by Gasteiger charge is -2.25. The summed E-state index contributed by atoms with van der Waals surface area (Å²) in [5.41, 5.74) is 3.71. The van der Waals surface area contributed by atoms with Crippen LogP contribution in [0, 0.1) is 0 Å². The minimum atomic E-state index is 0.262. The van der Waals surface area contributed by atoms with Crippen molar-refractivity contribution in [1.82, 2.24) is 4.90 Å². The number of amides is 1. The highest BCUT2D eigenvalue weighted by Gasteiger charge is 2.25. The number of morpholine rings is 1. The SMILES string of the molecule is CCCCCCCCCCCCCCCCCCc1sc[n+](CC(=O)N2CCOCC2)c1CCCCCCCCCCCCCCCCCC. The second kappa shape index (κ2) is 33.9. The fourth-order valence-corrected chi connectivity index (χ4v) is 8.84. The van der Waals surface area contributed by atoms with Gasteiger partial charge in [0.25, 0.3) is 5.91 Å². The van der Waals surface area contributed by atoms with E-state index in [-0.39, 0.29) is 5.91 Å². The van der Waals surface area contributed by atoms with Gasteiger partial charge in [-0.2, -0.15) is 4.57 Å². The summed E-state index contributed by atoms with van der Waals surface area (Å²) < 4.78 is 7.81. The van der Waals surface area contributed by atoms with Crippen LogP contribution in [-0.2, 0) is 28.9 Å². The van der Waals surface area contributed by atoms with E-state index >= 15 is 0 Å². The summed E-state index contributed by atoms with van der Waals surface area (Å²) in [6, 6.07) is 0. The van der Waals surface area contributed by atoms with E-state index < -0.39 is 0 Å². The Morgan fingerprint density at radius 1 is 0.540 bits per heavy atom. The molecule has 1 amide bonds. The minimum absolute atomic E-state index is 0.262. The van der Waals surface area contributed by atoms with Crippen LogP contribution in [0.25, 0.3) is 0 Å². The number of rotatable bonds is 36. The van der Waals surface area contributed by atoms with E-state index in [1.807, 2.05) is 16.2 Å². The Morgan fingerprint density at radius 3 is 1.26 bits per heavy atom. The Bertz CT molecular complexity index is 880. The second-order valence-corrected chi connectivity index (χ2v) is 16.8. The average molecular weight is 718 g/mol. The fraction of sp³-hybridized carbons (Fsp3) is 0.911. The molecule has 0 aliphatic carbocycles. The molecule has 50 heavy (non-hydrogen) atoms. The smallest absolute Gasteiger partial charge is 0.288 e. The number of carbonyl (C=O) groups is 1. The molecule has 5 heteroatoms. The third-order valence-electron chi connectivity index (χ3n) is 11.2. The van der Waals surface area contributed by atoms with E-state index in [4.69, 9.17) is 4.74 Å². The molecule has 0 bridgehead atoms. The highest BCUT2D eigenvalue weighted by atomic mass is 32.1. The molecule has 1 aromatic heterocycles. The summed E-state index contributed by atoms with van der Waals surface area (Å²) in [6.45, 7) is 7.94. The number of aromatic nitrogens is 1. The number of thiazole rings is 1. The van der Waals surface area contributed by atoms with Crippen molar-refractivity contribution in [2.75, 3.05) is 26.3 Å². The van der Waals surface area contributed by atoms with Crippen molar-refractivity contribution in [3.05, 3.63) is 16.1 Å². The van der Waals surface area contributed by atoms with E-state index in [2.05, 4.69) is 23.9 Å². The highest BCUT2D eigenvalue weighted by Crippen LogP contribution is 2.21. The molecule has 4 nitrogen and oxygen atoms in total. The molecule has 0 atom stereocenters. The quantitative estimate of drug-likeness (QED) is 0.0511. The zero-order valence-corrected chi connectivity index (χ0v) is 34.6. The second-order valence-electron chi connectivity index (χ2n) is 15.8. The first-order valence-electron chi connectivity index (χ1n) is 22.6. The van der Waals surface area contributed by atoms with Crippen LogP contribution in [0.4, 0.5) is 0 Å². The third-order valence-corrected chi connectivity index (χ3v) is 12.3. The van der Waals surface area contributed by atoms with Crippen molar-refractivity contribution in [2.45, 2.75) is 239 Å². The summed E-state index contributed by atoms with van der Waals surface area (Å²) >= 11 is 1.91. The van der Waals surface area contributed by atoms with Gasteiger partial charge in [0.05, 0.1) is 18.1 Å². The van der Waals surface area contributed by atoms with Gasteiger partial charge in [0.1, 0.15) is 0 Å². The molecule has 0 spiro atoms. The molecule has 0 aromatic carbocycles. The zero-order valence-electron chi connectivity index (χ0n) is 33.8. The molecule has 0 radical (unpaired) electrons. The maximum absolute atomic E-state index is 13.1. The van der Waals surface area contributed by atoms with E-state index in [1.54, 1.807) is 4.88 Å². The molecule has 292 valence electrons. The molecule has 1 fully saturated rings. The molecule has 2 heterocycles. The van der Waals surface area contributed by atoms with E-state index in [0.717, 1.165) is 19.5 Å². The first kappa shape index (κ1) is 45.2. The summed E-state index contributed by atoms with van der Waals surface area (Å²) in [7, 11) is 0. The standard InChI is InChI=1S/C45H85N2O2S/c1-3-5-7-9-11-13-15-17-19-21-23-25-27-29-31-33-35-43-44(50-42-47(43)41-45(48)46-37-39-49-40-38-46)36-34-32-30-28-26-24-22-20-18-16-14-12-10-8-6-4-2/h42H,3-41H2,1-2H3/q+1.